The van der Waals surface area contributed by atoms with Crippen LogP contribution in [0.3, 0.4) is 0 Å². The highest BCUT2D eigenvalue weighted by Gasteiger charge is 2.73. The molecule has 0 aliphatic heterocycles. The molecule has 1 saturated carbocycles. The van der Waals surface area contributed by atoms with E-state index in [-0.39, 0.29) is 11.3 Å². The summed E-state index contributed by atoms with van der Waals surface area (Å²) >= 11 is 24.8. The number of carbonyl (C=O) groups is 1. The fourth-order valence-electron chi connectivity index (χ4n) is 5.42. The number of hydrogen-bond acceptors (Lipinski definition) is 3. The van der Waals surface area contributed by atoms with Gasteiger partial charge in [-0.3, -0.25) is 4.79 Å². The largest absolute Gasteiger partial charge is 0.324 e. The lowest BCUT2D eigenvalue weighted by atomic mass is 9.63. The van der Waals surface area contributed by atoms with Crippen LogP contribution < -0.4 is 5.32 Å². The molecule has 5 rings (SSSR count). The summed E-state index contributed by atoms with van der Waals surface area (Å²) in [6.45, 7) is 6.41. The van der Waals surface area contributed by atoms with E-state index in [0.29, 0.717) is 48.9 Å². The molecule has 0 spiro atoms. The Morgan fingerprint density at radius 3 is 2.10 bits per heavy atom. The molecule has 4 nitrogen and oxygen atoms in total. The highest BCUT2D eigenvalue weighted by atomic mass is 35.5. The van der Waals surface area contributed by atoms with Crippen molar-refractivity contribution < 1.29 is 4.79 Å². The number of amides is 1. The van der Waals surface area contributed by atoms with Crippen molar-refractivity contribution in [2.75, 3.05) is 5.32 Å². The lowest BCUT2D eigenvalue weighted by Crippen LogP contribution is -2.48. The lowest BCUT2D eigenvalue weighted by Gasteiger charge is -2.39. The fraction of sp³-hybridized carbons (Fsp3) is 0.348. The smallest absolute Gasteiger partial charge is 0.237 e. The van der Waals surface area contributed by atoms with E-state index < -0.39 is 10.8 Å². The molecule has 2 aromatic carbocycles. The average molecular weight is 495 g/mol. The monoisotopic (exact) mass is 493 g/mol. The fourth-order valence-corrected chi connectivity index (χ4v) is 6.19. The number of nitrogens with zero attached hydrogens (tertiary/aromatic N) is 2. The summed E-state index contributed by atoms with van der Waals surface area (Å²) in [4.78, 5) is 23.8. The number of fused-ring (bicyclic) bond motifs is 6. The van der Waals surface area contributed by atoms with Crippen LogP contribution in [-0.4, -0.2) is 15.9 Å². The Morgan fingerprint density at radius 1 is 0.871 bits per heavy atom. The quantitative estimate of drug-likeness (QED) is 0.409. The first-order chi connectivity index (χ1) is 14.5. The average Bonchev–Trinajstić information content (AvgIpc) is 2.99. The first-order valence-corrected chi connectivity index (χ1v) is 11.5. The number of aromatic nitrogens is 2. The molecule has 2 aliphatic rings. The zero-order chi connectivity index (χ0) is 22.3. The van der Waals surface area contributed by atoms with Gasteiger partial charge in [-0.1, -0.05) is 67.2 Å². The zero-order valence-electron chi connectivity index (χ0n) is 17.1. The predicted octanol–water partition coefficient (Wildman–Crippen LogP) is 7.21. The van der Waals surface area contributed by atoms with Gasteiger partial charge in [-0.2, -0.15) is 0 Å². The number of halogens is 4. The van der Waals surface area contributed by atoms with E-state index in [1.54, 1.807) is 30.3 Å². The first kappa shape index (κ1) is 21.3. The van der Waals surface area contributed by atoms with Gasteiger partial charge in [0.1, 0.15) is 0 Å². The van der Waals surface area contributed by atoms with E-state index in [2.05, 4.69) is 26.1 Å². The van der Waals surface area contributed by atoms with Crippen LogP contribution in [0.5, 0.6) is 0 Å². The van der Waals surface area contributed by atoms with E-state index in [1.165, 1.54) is 0 Å². The van der Waals surface area contributed by atoms with Crippen LogP contribution in [0.2, 0.25) is 20.1 Å². The summed E-state index contributed by atoms with van der Waals surface area (Å²) in [5, 5.41) is 4.77. The summed E-state index contributed by atoms with van der Waals surface area (Å²) in [5.74, 6) is -0.141. The summed E-state index contributed by atoms with van der Waals surface area (Å²) < 4.78 is 0. The van der Waals surface area contributed by atoms with E-state index in [9.17, 15) is 4.79 Å². The Bertz CT molecular complexity index is 1290. The van der Waals surface area contributed by atoms with Gasteiger partial charge in [-0.05, 0) is 48.6 Å². The van der Waals surface area contributed by atoms with Gasteiger partial charge < -0.3 is 5.32 Å². The van der Waals surface area contributed by atoms with Crippen molar-refractivity contribution in [2.24, 2.45) is 5.41 Å². The van der Waals surface area contributed by atoms with E-state index in [4.69, 9.17) is 56.4 Å². The van der Waals surface area contributed by atoms with Gasteiger partial charge in [0.25, 0.3) is 0 Å². The van der Waals surface area contributed by atoms with Crippen LogP contribution in [0.25, 0.3) is 11.0 Å². The molecule has 2 atom stereocenters. The van der Waals surface area contributed by atoms with E-state index in [0.717, 1.165) is 12.1 Å². The lowest BCUT2D eigenvalue weighted by molar-refractivity contribution is -0.125. The van der Waals surface area contributed by atoms with Gasteiger partial charge in [0.15, 0.2) is 0 Å². The Kier molecular flexibility index (Phi) is 4.60. The van der Waals surface area contributed by atoms with Crippen LogP contribution in [0.1, 0.15) is 45.0 Å². The van der Waals surface area contributed by atoms with Gasteiger partial charge in [0, 0.05) is 10.4 Å². The van der Waals surface area contributed by atoms with Crippen molar-refractivity contribution in [2.45, 2.75) is 44.4 Å². The Balaban J connectivity index is 1.71. The van der Waals surface area contributed by atoms with Gasteiger partial charge in [-0.25, -0.2) is 9.97 Å². The molecule has 1 aromatic heterocycles. The zero-order valence-corrected chi connectivity index (χ0v) is 20.1. The molecule has 3 aromatic rings. The molecule has 31 heavy (non-hydrogen) atoms. The molecule has 8 heteroatoms. The van der Waals surface area contributed by atoms with E-state index in [1.807, 2.05) is 0 Å². The summed E-state index contributed by atoms with van der Waals surface area (Å²) in [6, 6.07) is 8.46. The Morgan fingerprint density at radius 2 is 1.48 bits per heavy atom. The number of anilines is 1. The van der Waals surface area contributed by atoms with Crippen LogP contribution in [-0.2, 0) is 15.6 Å². The maximum Gasteiger partial charge on any atom is 0.237 e. The number of rotatable bonds is 2. The van der Waals surface area contributed by atoms with Gasteiger partial charge >= 0.3 is 0 Å². The predicted molar refractivity (Wildman–Crippen MR) is 127 cm³/mol. The van der Waals surface area contributed by atoms with Gasteiger partial charge in [-0.15, -0.1) is 0 Å². The number of hydrogen-bond donors (Lipinski definition) is 1. The molecule has 1 heterocycles. The molecular formula is C23H19Cl4N3O. The molecule has 0 saturated heterocycles. The number of nitrogens with one attached hydrogen (secondary N) is 1. The van der Waals surface area contributed by atoms with Crippen LogP contribution in [0, 0.1) is 5.41 Å². The number of carbonyl (C=O) groups excluding carboxylic acids is 1. The standard InChI is InChI=1S/C23H19Cl4N3O/c1-21(2)22(3)6-7-23(21,20(31)30-15-5-4-11(24)8-14(15)27)19-18(22)28-16-9-12(25)13(26)10-17(16)29-19/h4-5,8-10H,6-7H2,1-3H3,(H,30,31). The highest BCUT2D eigenvalue weighted by molar-refractivity contribution is 6.42. The van der Waals surface area contributed by atoms with Crippen molar-refractivity contribution in [3.8, 4) is 0 Å². The van der Waals surface area contributed by atoms with Crippen molar-refractivity contribution >= 4 is 69.0 Å². The third-order valence-corrected chi connectivity index (χ3v) is 8.92. The van der Waals surface area contributed by atoms with Crippen LogP contribution in [0.15, 0.2) is 30.3 Å². The maximum absolute atomic E-state index is 13.9. The second-order valence-electron chi connectivity index (χ2n) is 9.12. The minimum absolute atomic E-state index is 0.141. The molecule has 2 unspecified atom stereocenters. The minimum Gasteiger partial charge on any atom is -0.324 e. The van der Waals surface area contributed by atoms with Crippen molar-refractivity contribution in [3.05, 3.63) is 61.8 Å². The summed E-state index contributed by atoms with van der Waals surface area (Å²) in [5.41, 5.74) is 1.80. The second-order valence-corrected chi connectivity index (χ2v) is 10.8. The Hall–Kier alpha value is -1.59. The summed E-state index contributed by atoms with van der Waals surface area (Å²) in [7, 11) is 0. The molecule has 1 amide bonds. The first-order valence-electron chi connectivity index (χ1n) is 9.95. The molecule has 2 aliphatic carbocycles. The molecule has 1 N–H and O–H groups in total. The van der Waals surface area contributed by atoms with E-state index >= 15 is 0 Å². The topological polar surface area (TPSA) is 54.9 Å². The molecular weight excluding hydrogens is 476 g/mol. The number of benzene rings is 2. The molecule has 1 fully saturated rings. The van der Waals surface area contributed by atoms with Crippen molar-refractivity contribution in [3.63, 3.8) is 0 Å². The van der Waals surface area contributed by atoms with Crippen molar-refractivity contribution in [1.29, 1.82) is 0 Å². The SMILES string of the molecule is CC12CCC(C(=O)Nc3ccc(Cl)cc3Cl)(c3nc4cc(Cl)c(Cl)cc4nc31)C2(C)C. The van der Waals surface area contributed by atoms with Gasteiger partial charge in [0.2, 0.25) is 5.91 Å². The van der Waals surface area contributed by atoms with Crippen LogP contribution in [0.4, 0.5) is 5.69 Å². The van der Waals surface area contributed by atoms with Gasteiger partial charge in [0.05, 0.1) is 48.6 Å². The minimum atomic E-state index is -0.854. The second kappa shape index (κ2) is 6.71. The molecule has 0 radical (unpaired) electrons. The highest BCUT2D eigenvalue weighted by Crippen LogP contribution is 2.70. The molecule has 2 bridgehead atoms. The van der Waals surface area contributed by atoms with Crippen LogP contribution >= 0.6 is 46.4 Å². The summed E-state index contributed by atoms with van der Waals surface area (Å²) in [6.07, 6.45) is 1.50. The molecule has 160 valence electrons. The third-order valence-electron chi connectivity index (χ3n) is 7.65. The maximum atomic E-state index is 13.9. The normalized spacial score (nSPS) is 25.6. The van der Waals surface area contributed by atoms with Crippen molar-refractivity contribution in [1.82, 2.24) is 9.97 Å². The Labute approximate surface area is 200 Å². The third kappa shape index (κ3) is 2.65.